The summed E-state index contributed by atoms with van der Waals surface area (Å²) >= 11 is 1.54. The summed E-state index contributed by atoms with van der Waals surface area (Å²) in [6, 6.07) is 3.37. The molecular weight excluding hydrogens is 514 g/mol. The number of hydrogen-bond donors (Lipinski definition) is 0. The Bertz CT molecular complexity index is 1340. The van der Waals surface area contributed by atoms with Crippen molar-refractivity contribution in [1.29, 1.82) is 0 Å². The Kier molecular flexibility index (Phi) is 8.32. The van der Waals surface area contributed by atoms with E-state index in [0.29, 0.717) is 23.4 Å². The monoisotopic (exact) mass is 547 g/mol. The van der Waals surface area contributed by atoms with Crippen molar-refractivity contribution in [3.8, 4) is 5.75 Å². The Hall–Kier alpha value is -2.80. The second-order valence-corrected chi connectivity index (χ2v) is 12.3. The number of nitrogens with zero attached hydrogens (tertiary/aromatic N) is 5. The van der Waals surface area contributed by atoms with Gasteiger partial charge < -0.3 is 14.1 Å². The maximum absolute atomic E-state index is 13.3. The molecule has 0 radical (unpaired) electrons. The first kappa shape index (κ1) is 27.2. The number of carbonyl (C=O) groups excluding carboxylic acids is 1. The van der Waals surface area contributed by atoms with Crippen LogP contribution in [-0.2, 0) is 29.7 Å². The first-order valence-corrected chi connectivity index (χ1v) is 14.4. The number of methoxy groups -OCH3 is 1. The molecule has 1 saturated heterocycles. The van der Waals surface area contributed by atoms with Crippen molar-refractivity contribution in [2.24, 2.45) is 0 Å². The standard InChI is InChI=1S/C25H33N5O5S2/c1-17-10-20(34-5)11-18(2)24(17)37(32,33)29(4)13-22-27-21(15-35-22)25(31)28(3)14-23-26-19(16-36-23)12-30-8-6-7-9-30/h10-11,15-16H,6-9,12-14H2,1-5H3. The second-order valence-electron chi connectivity index (χ2n) is 9.35. The largest absolute Gasteiger partial charge is 0.497 e. The van der Waals surface area contributed by atoms with Crippen LogP contribution in [0.2, 0.25) is 0 Å². The lowest BCUT2D eigenvalue weighted by Crippen LogP contribution is -2.28. The fraction of sp³-hybridized carbons (Fsp3) is 0.480. The number of benzene rings is 1. The molecule has 37 heavy (non-hydrogen) atoms. The molecule has 1 aliphatic heterocycles. The number of amides is 1. The smallest absolute Gasteiger partial charge is 0.275 e. The summed E-state index contributed by atoms with van der Waals surface area (Å²) in [5, 5.41) is 2.90. The number of ether oxygens (including phenoxy) is 1. The van der Waals surface area contributed by atoms with Crippen LogP contribution in [0.1, 0.15) is 51.0 Å². The molecule has 200 valence electrons. The van der Waals surface area contributed by atoms with Crippen LogP contribution < -0.4 is 4.74 Å². The molecule has 4 rings (SSSR count). The zero-order chi connectivity index (χ0) is 26.7. The first-order valence-electron chi connectivity index (χ1n) is 12.1. The molecule has 1 aliphatic rings. The normalized spacial score (nSPS) is 14.4. The highest BCUT2D eigenvalue weighted by Gasteiger charge is 2.27. The third-order valence-electron chi connectivity index (χ3n) is 6.37. The summed E-state index contributed by atoms with van der Waals surface area (Å²) in [5.74, 6) is 0.407. The van der Waals surface area contributed by atoms with Gasteiger partial charge >= 0.3 is 0 Å². The van der Waals surface area contributed by atoms with Crippen LogP contribution in [0.25, 0.3) is 0 Å². The van der Waals surface area contributed by atoms with E-state index in [-0.39, 0.29) is 28.9 Å². The minimum Gasteiger partial charge on any atom is -0.497 e. The summed E-state index contributed by atoms with van der Waals surface area (Å²) in [7, 11) is 0.854. The van der Waals surface area contributed by atoms with Crippen LogP contribution in [0.15, 0.2) is 33.1 Å². The number of oxazole rings is 1. The SMILES string of the molecule is COc1cc(C)c(S(=O)(=O)N(C)Cc2nc(C(=O)N(C)Cc3nc(CN4CCCC4)cs3)co2)c(C)c1. The predicted octanol–water partition coefficient (Wildman–Crippen LogP) is 3.45. The summed E-state index contributed by atoms with van der Waals surface area (Å²) in [6.45, 7) is 6.75. The molecule has 0 saturated carbocycles. The fourth-order valence-electron chi connectivity index (χ4n) is 4.48. The van der Waals surface area contributed by atoms with Gasteiger partial charge in [0.1, 0.15) is 17.0 Å². The van der Waals surface area contributed by atoms with E-state index in [0.717, 1.165) is 34.6 Å². The quantitative estimate of drug-likeness (QED) is 0.380. The Labute approximate surface area is 221 Å². The molecule has 0 spiro atoms. The van der Waals surface area contributed by atoms with Gasteiger partial charge in [-0.3, -0.25) is 9.69 Å². The molecule has 2 aromatic heterocycles. The van der Waals surface area contributed by atoms with Crippen LogP contribution in [-0.4, -0.2) is 72.7 Å². The third-order valence-corrected chi connectivity index (χ3v) is 9.36. The Balaban J connectivity index is 1.39. The number of aromatic nitrogens is 2. The number of likely N-dealkylation sites (tertiary alicyclic amines) is 1. The molecule has 0 aliphatic carbocycles. The van der Waals surface area contributed by atoms with E-state index in [1.807, 2.05) is 5.38 Å². The van der Waals surface area contributed by atoms with Gasteiger partial charge in [0.05, 0.1) is 30.8 Å². The molecule has 12 heteroatoms. The van der Waals surface area contributed by atoms with Crippen LogP contribution in [0.4, 0.5) is 0 Å². The molecule has 0 N–H and O–H groups in total. The van der Waals surface area contributed by atoms with Crippen molar-refractivity contribution >= 4 is 27.3 Å². The summed E-state index contributed by atoms with van der Waals surface area (Å²) in [6.07, 6.45) is 3.73. The van der Waals surface area contributed by atoms with E-state index >= 15 is 0 Å². The van der Waals surface area contributed by atoms with Gasteiger partial charge in [0, 0.05) is 26.0 Å². The molecule has 1 amide bonds. The van der Waals surface area contributed by atoms with Crippen molar-refractivity contribution in [3.63, 3.8) is 0 Å². The van der Waals surface area contributed by atoms with E-state index < -0.39 is 10.0 Å². The zero-order valence-corrected chi connectivity index (χ0v) is 23.5. The second kappa shape index (κ2) is 11.3. The lowest BCUT2D eigenvalue weighted by molar-refractivity contribution is 0.0779. The number of thiazole rings is 1. The first-order chi connectivity index (χ1) is 17.6. The van der Waals surface area contributed by atoms with Gasteiger partial charge in [0.25, 0.3) is 5.91 Å². The zero-order valence-electron chi connectivity index (χ0n) is 21.9. The minimum absolute atomic E-state index is 0.115. The Morgan fingerprint density at radius 3 is 2.46 bits per heavy atom. The maximum atomic E-state index is 13.3. The lowest BCUT2D eigenvalue weighted by Gasteiger charge is -2.19. The number of rotatable bonds is 10. The highest BCUT2D eigenvalue weighted by atomic mass is 32.2. The van der Waals surface area contributed by atoms with Crippen LogP contribution >= 0.6 is 11.3 Å². The molecule has 1 fully saturated rings. The van der Waals surface area contributed by atoms with E-state index in [9.17, 15) is 13.2 Å². The molecular formula is C25H33N5O5S2. The van der Waals surface area contributed by atoms with Crippen molar-refractivity contribution < 1.29 is 22.4 Å². The predicted molar refractivity (Wildman–Crippen MR) is 140 cm³/mol. The topological polar surface area (TPSA) is 109 Å². The van der Waals surface area contributed by atoms with Crippen LogP contribution in [0.5, 0.6) is 5.75 Å². The van der Waals surface area contributed by atoms with Crippen molar-refractivity contribution in [2.45, 2.75) is 51.2 Å². The maximum Gasteiger partial charge on any atom is 0.275 e. The van der Waals surface area contributed by atoms with E-state index in [1.54, 1.807) is 33.0 Å². The van der Waals surface area contributed by atoms with Gasteiger partial charge in [-0.1, -0.05) is 0 Å². The average Bonchev–Trinajstić information content (AvgIpc) is 3.61. The fourth-order valence-corrected chi connectivity index (χ4v) is 6.84. The van der Waals surface area contributed by atoms with E-state index in [1.165, 1.54) is 49.5 Å². The van der Waals surface area contributed by atoms with Crippen molar-refractivity contribution in [3.05, 3.63) is 57.2 Å². The Morgan fingerprint density at radius 2 is 1.81 bits per heavy atom. The number of sulfonamides is 1. The molecule has 0 unspecified atom stereocenters. The molecule has 1 aromatic carbocycles. The number of hydrogen-bond acceptors (Lipinski definition) is 9. The van der Waals surface area contributed by atoms with E-state index in [4.69, 9.17) is 9.15 Å². The lowest BCUT2D eigenvalue weighted by atomic mass is 10.1. The highest BCUT2D eigenvalue weighted by Crippen LogP contribution is 2.28. The van der Waals surface area contributed by atoms with Crippen molar-refractivity contribution in [2.75, 3.05) is 34.3 Å². The van der Waals surface area contributed by atoms with E-state index in [2.05, 4.69) is 14.9 Å². The molecule has 0 atom stereocenters. The van der Waals surface area contributed by atoms with Gasteiger partial charge in [-0.2, -0.15) is 4.31 Å². The summed E-state index contributed by atoms with van der Waals surface area (Å²) < 4.78 is 38.4. The number of carbonyl (C=O) groups is 1. The third kappa shape index (κ3) is 6.20. The highest BCUT2D eigenvalue weighted by molar-refractivity contribution is 7.89. The number of aryl methyl sites for hydroxylation is 2. The summed E-state index contributed by atoms with van der Waals surface area (Å²) in [5.41, 5.74) is 2.31. The minimum atomic E-state index is -3.83. The van der Waals surface area contributed by atoms with Crippen LogP contribution in [0, 0.1) is 13.8 Å². The Morgan fingerprint density at radius 1 is 1.14 bits per heavy atom. The molecule has 3 heterocycles. The van der Waals surface area contributed by atoms with Gasteiger partial charge in [0.2, 0.25) is 15.9 Å². The average molecular weight is 548 g/mol. The summed E-state index contributed by atoms with van der Waals surface area (Å²) in [4.78, 5) is 26.0. The van der Waals surface area contributed by atoms with Gasteiger partial charge in [0.15, 0.2) is 5.69 Å². The molecule has 0 bridgehead atoms. The van der Waals surface area contributed by atoms with Crippen LogP contribution in [0.3, 0.4) is 0 Å². The molecule has 3 aromatic rings. The van der Waals surface area contributed by atoms with Gasteiger partial charge in [-0.25, -0.2) is 18.4 Å². The van der Waals surface area contributed by atoms with Gasteiger partial charge in [-0.05, 0) is 63.0 Å². The van der Waals surface area contributed by atoms with Crippen molar-refractivity contribution in [1.82, 2.24) is 24.1 Å². The van der Waals surface area contributed by atoms with Gasteiger partial charge in [-0.15, -0.1) is 11.3 Å². The molecule has 10 nitrogen and oxygen atoms in total.